The number of carbonyl (C=O) groups is 1. The fourth-order valence-electron chi connectivity index (χ4n) is 6.96. The predicted molar refractivity (Wildman–Crippen MR) is 169 cm³/mol. The largest absolute Gasteiger partial charge is 0.478 e. The van der Waals surface area contributed by atoms with Crippen LogP contribution < -0.4 is 0 Å². The van der Waals surface area contributed by atoms with E-state index in [1.807, 2.05) is 13.0 Å². The second kappa shape index (κ2) is 12.5. The van der Waals surface area contributed by atoms with Crippen molar-refractivity contribution in [3.63, 3.8) is 0 Å². The lowest BCUT2D eigenvalue weighted by Gasteiger charge is -2.17. The zero-order valence-electron chi connectivity index (χ0n) is 25.5. The maximum Gasteiger partial charge on any atom is 0.335 e. The number of aromatic carboxylic acids is 1. The topological polar surface area (TPSA) is 37.3 Å². The van der Waals surface area contributed by atoms with Gasteiger partial charge in [0.05, 0.1) is 5.56 Å². The average Bonchev–Trinajstić information content (AvgIpc) is 2.97. The van der Waals surface area contributed by atoms with Crippen molar-refractivity contribution in [3.8, 4) is 0 Å². The maximum atomic E-state index is 12.4. The summed E-state index contributed by atoms with van der Waals surface area (Å²) >= 11 is 0. The van der Waals surface area contributed by atoms with Gasteiger partial charge in [0, 0.05) is 0 Å². The highest BCUT2D eigenvalue weighted by atomic mass is 16.4. The van der Waals surface area contributed by atoms with E-state index < -0.39 is 5.97 Å². The van der Waals surface area contributed by atoms with Gasteiger partial charge >= 0.3 is 5.97 Å². The summed E-state index contributed by atoms with van der Waals surface area (Å²) in [6.45, 7) is 11.0. The van der Waals surface area contributed by atoms with E-state index in [1.165, 1.54) is 99.7 Å². The molecule has 2 nitrogen and oxygen atoms in total. The van der Waals surface area contributed by atoms with Gasteiger partial charge in [0.25, 0.3) is 0 Å². The number of benzene rings is 4. The molecule has 0 bridgehead atoms. The molecule has 1 aliphatic rings. The second-order valence-electron chi connectivity index (χ2n) is 11.9. The van der Waals surface area contributed by atoms with Crippen LogP contribution >= 0.6 is 0 Å². The Kier molecular flexibility index (Phi) is 8.78. The molecule has 0 spiro atoms. The van der Waals surface area contributed by atoms with Gasteiger partial charge in [-0.15, -0.1) is 0 Å². The lowest BCUT2D eigenvalue weighted by atomic mass is 9.87. The van der Waals surface area contributed by atoms with Crippen molar-refractivity contribution in [1.29, 1.82) is 0 Å². The molecule has 41 heavy (non-hydrogen) atoms. The molecule has 0 saturated carbocycles. The quantitative estimate of drug-likeness (QED) is 0.178. The monoisotopic (exact) mass is 544 g/mol. The van der Waals surface area contributed by atoms with E-state index in [0.29, 0.717) is 5.56 Å². The first-order valence-corrected chi connectivity index (χ1v) is 15.6. The maximum absolute atomic E-state index is 12.4. The average molecular weight is 545 g/mol. The Balaban J connectivity index is 1.94. The predicted octanol–water partition coefficient (Wildman–Crippen LogP) is 9.76. The molecule has 0 saturated heterocycles. The minimum absolute atomic E-state index is 0.378. The number of rotatable bonds is 10. The fraction of sp³-hybridized carbons (Fsp3) is 0.359. The minimum Gasteiger partial charge on any atom is -0.478 e. The third-order valence-electron chi connectivity index (χ3n) is 9.43. The van der Waals surface area contributed by atoms with Gasteiger partial charge in [-0.25, -0.2) is 4.79 Å². The molecular weight excluding hydrogens is 500 g/mol. The standard InChI is InChI=1S/C39H44O2/c1-6-7-8-9-10-11-12-13-18-29-26(3)25(2)27(4)37-36-28(5)30(39(40)41)23-24-35(36)33-21-15-14-19-31(33)32-20-16-17-22-34(32)38(29)37/h14-17,19-24H,6-13,18H2,1-5H3,(H,40,41). The highest BCUT2D eigenvalue weighted by Gasteiger charge is 2.16. The first-order valence-electron chi connectivity index (χ1n) is 15.6. The molecule has 0 aromatic heterocycles. The van der Waals surface area contributed by atoms with Crippen LogP contribution in [0, 0.1) is 69.4 Å². The molecule has 212 valence electrons. The van der Waals surface area contributed by atoms with Crippen LogP contribution in [-0.4, -0.2) is 11.1 Å². The Hall–Kier alpha value is -3.65. The molecule has 1 N–H and O–H groups in total. The van der Waals surface area contributed by atoms with Gasteiger partial charge in [-0.3, -0.25) is 0 Å². The molecule has 0 radical (unpaired) electrons. The third-order valence-corrected chi connectivity index (χ3v) is 9.43. The van der Waals surface area contributed by atoms with E-state index in [2.05, 4.69) is 76.2 Å². The summed E-state index contributed by atoms with van der Waals surface area (Å²) in [4.78, 5) is 12.4. The van der Waals surface area contributed by atoms with Gasteiger partial charge in [-0.05, 0) is 116 Å². The van der Waals surface area contributed by atoms with Gasteiger partial charge in [0.1, 0.15) is 0 Å². The van der Waals surface area contributed by atoms with Gasteiger partial charge < -0.3 is 5.11 Å². The highest BCUT2D eigenvalue weighted by molar-refractivity contribution is 5.89. The Bertz CT molecular complexity index is 2000. The van der Waals surface area contributed by atoms with E-state index in [1.54, 1.807) is 6.07 Å². The number of fused-ring (bicyclic) bond motifs is 4. The van der Waals surface area contributed by atoms with Crippen molar-refractivity contribution in [3.05, 3.63) is 136 Å². The summed E-state index contributed by atoms with van der Waals surface area (Å²) in [5, 5.41) is 19.7. The summed E-state index contributed by atoms with van der Waals surface area (Å²) in [7, 11) is 0. The van der Waals surface area contributed by atoms with Crippen LogP contribution in [0.1, 0.15) is 96.5 Å². The number of unbranched alkanes of at least 4 members (excludes halogenated alkanes) is 7. The Labute approximate surface area is 243 Å². The van der Waals surface area contributed by atoms with Gasteiger partial charge in [0.15, 0.2) is 0 Å². The third kappa shape index (κ3) is 5.37. The van der Waals surface area contributed by atoms with Crippen molar-refractivity contribution in [2.75, 3.05) is 0 Å². The molecule has 4 aromatic carbocycles. The molecule has 2 heteroatoms. The van der Waals surface area contributed by atoms with Crippen LogP contribution in [0.15, 0.2) is 60.7 Å². The molecule has 0 unspecified atom stereocenters. The zero-order valence-corrected chi connectivity index (χ0v) is 25.5. The molecule has 0 amide bonds. The molecule has 0 atom stereocenters. The van der Waals surface area contributed by atoms with Crippen molar-refractivity contribution in [2.45, 2.75) is 92.4 Å². The van der Waals surface area contributed by atoms with Crippen LogP contribution in [-0.2, 0) is 6.42 Å². The van der Waals surface area contributed by atoms with Crippen LogP contribution in [0.25, 0.3) is 0 Å². The number of carboxylic acid groups (broad SMARTS) is 1. The Morgan fingerprint density at radius 3 is 1.68 bits per heavy atom. The van der Waals surface area contributed by atoms with Crippen molar-refractivity contribution >= 4 is 5.97 Å². The summed E-state index contributed by atoms with van der Waals surface area (Å²) in [6.07, 6.45) is 11.4. The van der Waals surface area contributed by atoms with E-state index >= 15 is 0 Å². The smallest absolute Gasteiger partial charge is 0.335 e. The van der Waals surface area contributed by atoms with Crippen LogP contribution in [0.5, 0.6) is 0 Å². The SMILES string of the molecule is CCCCCCCCCCc1c(C)c(C)c(C)c2c1=c1ccccc1=c1ccccc1=c1ccc(C(=O)O)c(C)c1=2. The zero-order chi connectivity index (χ0) is 29.1. The minimum atomic E-state index is -0.872. The van der Waals surface area contributed by atoms with E-state index in [4.69, 9.17) is 0 Å². The normalized spacial score (nSPS) is 11.6. The molecule has 0 fully saturated rings. The molecule has 1 aliphatic carbocycles. The molecule has 4 aromatic rings. The van der Waals surface area contributed by atoms with E-state index in [-0.39, 0.29) is 0 Å². The van der Waals surface area contributed by atoms with Crippen molar-refractivity contribution in [2.24, 2.45) is 0 Å². The molecule has 0 heterocycles. The van der Waals surface area contributed by atoms with E-state index in [9.17, 15) is 9.90 Å². The number of hydrogen-bond acceptors (Lipinski definition) is 1. The van der Waals surface area contributed by atoms with Crippen molar-refractivity contribution < 1.29 is 9.90 Å². The molecule has 5 rings (SSSR count). The van der Waals surface area contributed by atoms with Gasteiger partial charge in [0.2, 0.25) is 0 Å². The van der Waals surface area contributed by atoms with E-state index in [0.717, 1.165) is 27.6 Å². The van der Waals surface area contributed by atoms with Gasteiger partial charge in [-0.2, -0.15) is 0 Å². The van der Waals surface area contributed by atoms with Crippen LogP contribution in [0.3, 0.4) is 0 Å². The lowest BCUT2D eigenvalue weighted by molar-refractivity contribution is 0.0696. The summed E-state index contributed by atoms with van der Waals surface area (Å²) in [5.74, 6) is -0.872. The molecule has 0 aliphatic heterocycles. The van der Waals surface area contributed by atoms with Crippen molar-refractivity contribution in [1.82, 2.24) is 0 Å². The summed E-state index contributed by atoms with van der Waals surface area (Å²) in [5.41, 5.74) is 6.58. The Morgan fingerprint density at radius 1 is 0.537 bits per heavy atom. The number of hydrogen-bond donors (Lipinski definition) is 1. The first kappa shape index (κ1) is 28.9. The summed E-state index contributed by atoms with van der Waals surface area (Å²) in [6, 6.07) is 21.3. The highest BCUT2D eigenvalue weighted by Crippen LogP contribution is 2.27. The first-order chi connectivity index (χ1) is 19.9. The Morgan fingerprint density at radius 2 is 1.07 bits per heavy atom. The lowest BCUT2D eigenvalue weighted by Crippen LogP contribution is -2.06. The molecular formula is C39H44O2. The van der Waals surface area contributed by atoms with Crippen LogP contribution in [0.2, 0.25) is 0 Å². The number of carboxylic acids is 1. The summed E-state index contributed by atoms with van der Waals surface area (Å²) < 4.78 is 0. The van der Waals surface area contributed by atoms with Gasteiger partial charge in [-0.1, -0.05) is 106 Å². The fourth-order valence-corrected chi connectivity index (χ4v) is 6.96. The second-order valence-corrected chi connectivity index (χ2v) is 11.9. The van der Waals surface area contributed by atoms with Crippen LogP contribution in [0.4, 0.5) is 0 Å².